The highest BCUT2D eigenvalue weighted by atomic mass is 16.5. The van der Waals surface area contributed by atoms with E-state index < -0.39 is 6.04 Å². The Labute approximate surface area is 154 Å². The van der Waals surface area contributed by atoms with Crippen LogP contribution in [0.4, 0.5) is 0 Å². The van der Waals surface area contributed by atoms with E-state index >= 15 is 0 Å². The van der Waals surface area contributed by atoms with Crippen LogP contribution in [-0.2, 0) is 14.3 Å². The van der Waals surface area contributed by atoms with Crippen LogP contribution in [0, 0.1) is 5.92 Å². The van der Waals surface area contributed by atoms with Gasteiger partial charge >= 0.3 is 0 Å². The Kier molecular flexibility index (Phi) is 6.44. The molecule has 0 bridgehead atoms. The Hall–Kier alpha value is -2.15. The zero-order valence-electron chi connectivity index (χ0n) is 15.2. The van der Waals surface area contributed by atoms with Crippen molar-refractivity contribution in [3.8, 4) is 5.75 Å². The van der Waals surface area contributed by atoms with Crippen LogP contribution in [0.5, 0.6) is 5.75 Å². The van der Waals surface area contributed by atoms with E-state index in [0.717, 1.165) is 25.7 Å². The van der Waals surface area contributed by atoms with E-state index in [1.807, 2.05) is 6.07 Å². The molecule has 2 atom stereocenters. The molecule has 2 amide bonds. The standard InChI is InChI=1S/C19H27N3O4/c1-25-10-9-21-18(23)17-11-16(26-15-7-4-8-20-12-15)13-22(17)19(24)14-5-2-3-6-14/h4,7-8,12,14,16-17H,2-3,5-6,9-11,13H2,1H3,(H,21,23)/t16-,17-/m0/s1. The molecule has 0 spiro atoms. The van der Waals surface area contributed by atoms with Gasteiger partial charge in [0.2, 0.25) is 11.8 Å². The van der Waals surface area contributed by atoms with Gasteiger partial charge in [0.25, 0.3) is 0 Å². The van der Waals surface area contributed by atoms with Crippen LogP contribution in [0.15, 0.2) is 24.5 Å². The molecule has 1 aliphatic carbocycles. The zero-order chi connectivity index (χ0) is 18.4. The minimum atomic E-state index is -0.485. The van der Waals surface area contributed by atoms with Crippen LogP contribution in [-0.4, -0.2) is 60.7 Å². The van der Waals surface area contributed by atoms with E-state index in [2.05, 4.69) is 10.3 Å². The lowest BCUT2D eigenvalue weighted by Crippen LogP contribution is -2.48. The molecule has 142 valence electrons. The van der Waals surface area contributed by atoms with Gasteiger partial charge in [-0.1, -0.05) is 12.8 Å². The second kappa shape index (κ2) is 8.98. The summed E-state index contributed by atoms with van der Waals surface area (Å²) in [5.41, 5.74) is 0. The fourth-order valence-corrected chi connectivity index (χ4v) is 3.79. The molecule has 2 aliphatic rings. The van der Waals surface area contributed by atoms with Gasteiger partial charge in [0.15, 0.2) is 0 Å². The molecule has 26 heavy (non-hydrogen) atoms. The summed E-state index contributed by atoms with van der Waals surface area (Å²) in [5, 5.41) is 2.86. The summed E-state index contributed by atoms with van der Waals surface area (Å²) >= 11 is 0. The van der Waals surface area contributed by atoms with Crippen molar-refractivity contribution in [2.24, 2.45) is 5.92 Å². The minimum absolute atomic E-state index is 0.0430. The van der Waals surface area contributed by atoms with Crippen LogP contribution in [0.25, 0.3) is 0 Å². The number of hydrogen-bond donors (Lipinski definition) is 1. The maximum atomic E-state index is 12.9. The summed E-state index contributed by atoms with van der Waals surface area (Å²) in [6, 6.07) is 3.16. The number of aromatic nitrogens is 1. The fourth-order valence-electron chi connectivity index (χ4n) is 3.79. The van der Waals surface area contributed by atoms with E-state index in [1.165, 1.54) is 0 Å². The Morgan fingerprint density at radius 1 is 1.35 bits per heavy atom. The SMILES string of the molecule is COCCNC(=O)[C@@H]1C[C@H](Oc2cccnc2)CN1C(=O)C1CCCC1. The third-order valence-corrected chi connectivity index (χ3v) is 5.10. The van der Waals surface area contributed by atoms with Gasteiger partial charge in [0, 0.05) is 32.2 Å². The van der Waals surface area contributed by atoms with Crippen molar-refractivity contribution in [3.63, 3.8) is 0 Å². The number of methoxy groups -OCH3 is 1. The predicted molar refractivity (Wildman–Crippen MR) is 95.6 cm³/mol. The Balaban J connectivity index is 1.67. The minimum Gasteiger partial charge on any atom is -0.487 e. The second-order valence-corrected chi connectivity index (χ2v) is 6.94. The van der Waals surface area contributed by atoms with Gasteiger partial charge in [-0.25, -0.2) is 0 Å². The number of carbonyl (C=O) groups is 2. The third-order valence-electron chi connectivity index (χ3n) is 5.10. The number of nitrogens with zero attached hydrogens (tertiary/aromatic N) is 2. The molecular formula is C19H27N3O4. The number of likely N-dealkylation sites (tertiary alicyclic amines) is 1. The topological polar surface area (TPSA) is 80.8 Å². The van der Waals surface area contributed by atoms with Crippen molar-refractivity contribution in [3.05, 3.63) is 24.5 Å². The highest BCUT2D eigenvalue weighted by Crippen LogP contribution is 2.31. The number of hydrogen-bond acceptors (Lipinski definition) is 5. The molecule has 1 aliphatic heterocycles. The number of carbonyl (C=O) groups excluding carboxylic acids is 2. The average molecular weight is 361 g/mol. The quantitative estimate of drug-likeness (QED) is 0.742. The average Bonchev–Trinajstić information content (AvgIpc) is 3.32. The smallest absolute Gasteiger partial charge is 0.243 e. The van der Waals surface area contributed by atoms with Crippen molar-refractivity contribution in [2.75, 3.05) is 26.8 Å². The second-order valence-electron chi connectivity index (χ2n) is 6.94. The van der Waals surface area contributed by atoms with E-state index in [9.17, 15) is 9.59 Å². The maximum Gasteiger partial charge on any atom is 0.243 e. The van der Waals surface area contributed by atoms with Crippen molar-refractivity contribution < 1.29 is 19.1 Å². The highest BCUT2D eigenvalue weighted by molar-refractivity contribution is 5.89. The summed E-state index contributed by atoms with van der Waals surface area (Å²) in [4.78, 5) is 31.3. The van der Waals surface area contributed by atoms with Gasteiger partial charge in [0.1, 0.15) is 17.9 Å². The molecule has 1 aromatic rings. The Bertz CT molecular complexity index is 604. The molecular weight excluding hydrogens is 334 g/mol. The summed E-state index contributed by atoms with van der Waals surface area (Å²) in [7, 11) is 1.59. The number of amides is 2. The van der Waals surface area contributed by atoms with Gasteiger partial charge in [-0.3, -0.25) is 14.6 Å². The number of rotatable bonds is 7. The molecule has 3 rings (SSSR count). The van der Waals surface area contributed by atoms with Gasteiger partial charge < -0.3 is 19.7 Å². The van der Waals surface area contributed by atoms with Crippen molar-refractivity contribution in [1.29, 1.82) is 0 Å². The van der Waals surface area contributed by atoms with E-state index in [1.54, 1.807) is 30.5 Å². The first kappa shape index (κ1) is 18.6. The van der Waals surface area contributed by atoms with Crippen LogP contribution < -0.4 is 10.1 Å². The van der Waals surface area contributed by atoms with Crippen molar-refractivity contribution in [2.45, 2.75) is 44.2 Å². The molecule has 1 saturated carbocycles. The van der Waals surface area contributed by atoms with Gasteiger partial charge in [-0.05, 0) is 25.0 Å². The molecule has 1 saturated heterocycles. The van der Waals surface area contributed by atoms with Crippen LogP contribution in [0.1, 0.15) is 32.1 Å². The Morgan fingerprint density at radius 2 is 2.15 bits per heavy atom. The number of pyridine rings is 1. The number of ether oxygens (including phenoxy) is 2. The van der Waals surface area contributed by atoms with E-state index in [4.69, 9.17) is 9.47 Å². The van der Waals surface area contributed by atoms with E-state index in [0.29, 0.717) is 31.9 Å². The molecule has 0 unspecified atom stereocenters. The zero-order valence-corrected chi connectivity index (χ0v) is 15.2. The molecule has 2 fully saturated rings. The van der Waals surface area contributed by atoms with Crippen LogP contribution in [0.2, 0.25) is 0 Å². The maximum absolute atomic E-state index is 12.9. The molecule has 7 heteroatoms. The summed E-state index contributed by atoms with van der Waals surface area (Å²) in [6.45, 7) is 1.32. The molecule has 0 radical (unpaired) electrons. The molecule has 7 nitrogen and oxygen atoms in total. The van der Waals surface area contributed by atoms with Crippen molar-refractivity contribution >= 4 is 11.8 Å². The summed E-state index contributed by atoms with van der Waals surface area (Å²) in [6.07, 6.45) is 7.63. The highest BCUT2D eigenvalue weighted by Gasteiger charge is 2.42. The molecule has 2 heterocycles. The van der Waals surface area contributed by atoms with Crippen molar-refractivity contribution in [1.82, 2.24) is 15.2 Å². The predicted octanol–water partition coefficient (Wildman–Crippen LogP) is 1.38. The normalized spacial score (nSPS) is 23.2. The lowest BCUT2D eigenvalue weighted by Gasteiger charge is -2.26. The van der Waals surface area contributed by atoms with Gasteiger partial charge in [0.05, 0.1) is 19.3 Å². The fraction of sp³-hybridized carbons (Fsp3) is 0.632. The summed E-state index contributed by atoms with van der Waals surface area (Å²) < 4.78 is 10.9. The molecule has 1 aromatic heterocycles. The largest absolute Gasteiger partial charge is 0.487 e. The molecule has 0 aromatic carbocycles. The first-order valence-electron chi connectivity index (χ1n) is 9.33. The van der Waals surface area contributed by atoms with Gasteiger partial charge in [-0.15, -0.1) is 0 Å². The third kappa shape index (κ3) is 4.52. The van der Waals surface area contributed by atoms with Crippen LogP contribution >= 0.6 is 0 Å². The first-order chi connectivity index (χ1) is 12.7. The monoisotopic (exact) mass is 361 g/mol. The summed E-state index contributed by atoms with van der Waals surface area (Å²) in [5.74, 6) is 0.657. The van der Waals surface area contributed by atoms with Crippen LogP contribution in [0.3, 0.4) is 0 Å². The lowest BCUT2D eigenvalue weighted by atomic mass is 10.1. The number of nitrogens with one attached hydrogen (secondary N) is 1. The molecule has 1 N–H and O–H groups in total. The Morgan fingerprint density at radius 3 is 2.85 bits per heavy atom. The lowest BCUT2D eigenvalue weighted by molar-refractivity contribution is -0.141. The van der Waals surface area contributed by atoms with Gasteiger partial charge in [-0.2, -0.15) is 0 Å². The van der Waals surface area contributed by atoms with E-state index in [-0.39, 0.29) is 23.8 Å². The first-order valence-corrected chi connectivity index (χ1v) is 9.33.